The zero-order valence-corrected chi connectivity index (χ0v) is 16.6. The monoisotopic (exact) mass is 403 g/mol. The fraction of sp³-hybridized carbons (Fsp3) is 0.200. The van der Waals surface area contributed by atoms with E-state index in [9.17, 15) is 19.1 Å². The third-order valence-corrected chi connectivity index (χ3v) is 5.59. The van der Waals surface area contributed by atoms with Gasteiger partial charge in [0, 0.05) is 11.1 Å². The second kappa shape index (κ2) is 7.84. The molecular weight excluding hydrogens is 381 g/mol. The van der Waals surface area contributed by atoms with Gasteiger partial charge in [-0.3, -0.25) is 9.59 Å². The fourth-order valence-electron chi connectivity index (χ4n) is 3.87. The van der Waals surface area contributed by atoms with Crippen LogP contribution in [0.1, 0.15) is 40.4 Å². The smallest absolute Gasteiger partial charge is 0.264 e. The van der Waals surface area contributed by atoms with Crippen molar-refractivity contribution in [2.24, 2.45) is 0 Å². The molecule has 0 radical (unpaired) electrons. The number of aryl methyl sites for hydroxylation is 1. The molecule has 1 amide bonds. The van der Waals surface area contributed by atoms with Crippen molar-refractivity contribution in [2.45, 2.75) is 31.9 Å². The number of hydrogen-bond donors (Lipinski definition) is 1. The van der Waals surface area contributed by atoms with Gasteiger partial charge in [0.15, 0.2) is 11.4 Å². The number of halogens is 1. The molecule has 1 heterocycles. The number of fused-ring (bicyclic) bond motifs is 1. The van der Waals surface area contributed by atoms with Gasteiger partial charge in [0.25, 0.3) is 5.91 Å². The van der Waals surface area contributed by atoms with Crippen LogP contribution >= 0.6 is 0 Å². The van der Waals surface area contributed by atoms with Gasteiger partial charge in [0.1, 0.15) is 5.82 Å². The molecule has 0 aromatic heterocycles. The molecule has 0 aliphatic carbocycles. The Kier molecular flexibility index (Phi) is 5.22. The van der Waals surface area contributed by atoms with Gasteiger partial charge in [-0.25, -0.2) is 4.39 Å². The number of anilines is 1. The maximum Gasteiger partial charge on any atom is 0.264 e. The van der Waals surface area contributed by atoms with Crippen molar-refractivity contribution in [1.29, 1.82) is 0 Å². The van der Waals surface area contributed by atoms with E-state index < -0.39 is 11.5 Å². The highest BCUT2D eigenvalue weighted by atomic mass is 19.1. The number of benzene rings is 3. The first-order valence-electron chi connectivity index (χ1n) is 9.93. The molecule has 0 unspecified atom stereocenters. The normalized spacial score (nSPS) is 17.8. The number of para-hydroxylation sites is 1. The predicted molar refractivity (Wildman–Crippen MR) is 113 cm³/mol. The Hall–Kier alpha value is -3.31. The Labute approximate surface area is 174 Å². The molecule has 0 saturated carbocycles. The summed E-state index contributed by atoms with van der Waals surface area (Å²) in [6.45, 7) is 2.21. The average molecular weight is 403 g/mol. The fourth-order valence-corrected chi connectivity index (χ4v) is 3.87. The molecule has 1 atom stereocenters. The van der Waals surface area contributed by atoms with Crippen molar-refractivity contribution in [3.8, 4) is 0 Å². The van der Waals surface area contributed by atoms with E-state index in [1.165, 1.54) is 17.0 Å². The Bertz CT molecular complexity index is 1090. The number of ketones is 1. The molecular formula is C25H22FNO3. The summed E-state index contributed by atoms with van der Waals surface area (Å²) in [4.78, 5) is 27.6. The van der Waals surface area contributed by atoms with Crippen LogP contribution in [0.25, 0.3) is 0 Å². The Balaban J connectivity index is 1.64. The maximum atomic E-state index is 13.3. The quantitative estimate of drug-likeness (QED) is 0.621. The van der Waals surface area contributed by atoms with Crippen LogP contribution in [-0.2, 0) is 23.4 Å². The predicted octanol–water partition coefficient (Wildman–Crippen LogP) is 4.40. The number of hydrogen-bond acceptors (Lipinski definition) is 3. The van der Waals surface area contributed by atoms with Gasteiger partial charge in [-0.2, -0.15) is 0 Å². The number of carbonyl (C=O) groups is 2. The molecule has 0 fully saturated rings. The minimum Gasteiger partial charge on any atom is -0.375 e. The van der Waals surface area contributed by atoms with Crippen molar-refractivity contribution >= 4 is 17.4 Å². The SMILES string of the molecule is CCc1ccc(C(=O)C[C@@]2(O)C(=O)N(Cc3ccc(F)cc3)c3ccccc32)cc1. The van der Waals surface area contributed by atoms with Crippen LogP contribution in [0.15, 0.2) is 72.8 Å². The van der Waals surface area contributed by atoms with Crippen molar-refractivity contribution < 1.29 is 19.1 Å². The topological polar surface area (TPSA) is 57.6 Å². The Morgan fingerprint density at radius 3 is 2.27 bits per heavy atom. The number of amides is 1. The molecule has 4 nitrogen and oxygen atoms in total. The third-order valence-electron chi connectivity index (χ3n) is 5.59. The molecule has 0 spiro atoms. The van der Waals surface area contributed by atoms with Crippen molar-refractivity contribution in [2.75, 3.05) is 4.90 Å². The molecule has 3 aromatic carbocycles. The molecule has 152 valence electrons. The lowest BCUT2D eigenvalue weighted by atomic mass is 9.88. The van der Waals surface area contributed by atoms with E-state index in [2.05, 4.69) is 0 Å². The lowest BCUT2D eigenvalue weighted by Crippen LogP contribution is -2.41. The summed E-state index contributed by atoms with van der Waals surface area (Å²) in [5.41, 5.74) is 1.34. The van der Waals surface area contributed by atoms with Crippen molar-refractivity contribution in [3.05, 3.63) is 101 Å². The van der Waals surface area contributed by atoms with E-state index in [-0.39, 0.29) is 24.6 Å². The van der Waals surface area contributed by atoms with Crippen LogP contribution in [0.3, 0.4) is 0 Å². The zero-order chi connectivity index (χ0) is 21.3. The number of aliphatic hydroxyl groups is 1. The van der Waals surface area contributed by atoms with Gasteiger partial charge in [0.2, 0.25) is 0 Å². The van der Waals surface area contributed by atoms with Gasteiger partial charge in [-0.1, -0.05) is 61.5 Å². The summed E-state index contributed by atoms with van der Waals surface area (Å²) in [5.74, 6) is -1.21. The molecule has 0 saturated heterocycles. The summed E-state index contributed by atoms with van der Waals surface area (Å²) >= 11 is 0. The van der Waals surface area contributed by atoms with Crippen LogP contribution in [0.5, 0.6) is 0 Å². The van der Waals surface area contributed by atoms with Crippen molar-refractivity contribution in [1.82, 2.24) is 0 Å². The second-order valence-electron chi connectivity index (χ2n) is 7.55. The summed E-state index contributed by atoms with van der Waals surface area (Å²) in [6, 6.07) is 20.0. The molecule has 1 aliphatic heterocycles. The van der Waals surface area contributed by atoms with Crippen LogP contribution in [-0.4, -0.2) is 16.8 Å². The molecule has 4 rings (SSSR count). The van der Waals surface area contributed by atoms with Gasteiger partial charge in [-0.15, -0.1) is 0 Å². The zero-order valence-electron chi connectivity index (χ0n) is 16.6. The highest BCUT2D eigenvalue weighted by Gasteiger charge is 2.50. The van der Waals surface area contributed by atoms with E-state index in [1.54, 1.807) is 48.5 Å². The molecule has 3 aromatic rings. The summed E-state index contributed by atoms with van der Waals surface area (Å²) in [5, 5.41) is 11.4. The van der Waals surface area contributed by atoms with Gasteiger partial charge in [0.05, 0.1) is 18.7 Å². The minimum absolute atomic E-state index is 0.178. The molecule has 30 heavy (non-hydrogen) atoms. The molecule has 5 heteroatoms. The molecule has 1 aliphatic rings. The summed E-state index contributed by atoms with van der Waals surface area (Å²) in [6.07, 6.45) is 0.525. The lowest BCUT2D eigenvalue weighted by molar-refractivity contribution is -0.136. The summed E-state index contributed by atoms with van der Waals surface area (Å²) < 4.78 is 13.2. The maximum absolute atomic E-state index is 13.3. The molecule has 0 bridgehead atoms. The van der Waals surface area contributed by atoms with Crippen LogP contribution in [0.2, 0.25) is 0 Å². The first-order valence-corrected chi connectivity index (χ1v) is 9.93. The van der Waals surface area contributed by atoms with Crippen LogP contribution in [0.4, 0.5) is 10.1 Å². The van der Waals surface area contributed by atoms with E-state index in [1.807, 2.05) is 19.1 Å². The number of rotatable bonds is 6. The van der Waals surface area contributed by atoms with Gasteiger partial charge < -0.3 is 10.0 Å². The Morgan fingerprint density at radius 1 is 0.967 bits per heavy atom. The van der Waals surface area contributed by atoms with E-state index in [0.29, 0.717) is 16.8 Å². The van der Waals surface area contributed by atoms with Crippen LogP contribution in [0, 0.1) is 5.82 Å². The minimum atomic E-state index is -1.93. The van der Waals surface area contributed by atoms with Crippen LogP contribution < -0.4 is 4.90 Å². The highest BCUT2D eigenvalue weighted by Crippen LogP contribution is 2.43. The van der Waals surface area contributed by atoms with Gasteiger partial charge >= 0.3 is 0 Å². The third kappa shape index (κ3) is 3.53. The number of Topliss-reactive ketones (excluding diaryl/α,β-unsaturated/α-hetero) is 1. The average Bonchev–Trinajstić information content (AvgIpc) is 2.97. The van der Waals surface area contributed by atoms with Crippen molar-refractivity contribution in [3.63, 3.8) is 0 Å². The first kappa shape index (κ1) is 20.0. The molecule has 1 N–H and O–H groups in total. The number of nitrogens with zero attached hydrogens (tertiary/aromatic N) is 1. The summed E-state index contributed by atoms with van der Waals surface area (Å²) in [7, 11) is 0. The Morgan fingerprint density at radius 2 is 1.60 bits per heavy atom. The number of carbonyl (C=O) groups excluding carboxylic acids is 2. The highest BCUT2D eigenvalue weighted by molar-refractivity contribution is 6.10. The first-order chi connectivity index (χ1) is 14.4. The van der Waals surface area contributed by atoms with E-state index >= 15 is 0 Å². The standard InChI is InChI=1S/C25H22FNO3/c1-2-17-7-11-19(12-8-17)23(28)15-25(30)21-5-3-4-6-22(21)27(24(25)29)16-18-9-13-20(26)14-10-18/h3-14,30H,2,15-16H2,1H3/t25-/m0/s1. The second-order valence-corrected chi connectivity index (χ2v) is 7.55. The lowest BCUT2D eigenvalue weighted by Gasteiger charge is -2.23. The van der Waals surface area contributed by atoms with E-state index in [0.717, 1.165) is 17.5 Å². The largest absolute Gasteiger partial charge is 0.375 e. The van der Waals surface area contributed by atoms with Gasteiger partial charge in [-0.05, 0) is 35.7 Å². The van der Waals surface area contributed by atoms with E-state index in [4.69, 9.17) is 0 Å².